The Labute approximate surface area is 79.6 Å². The molecule has 2 heteroatoms. The molecule has 0 aromatic carbocycles. The summed E-state index contributed by atoms with van der Waals surface area (Å²) in [5.41, 5.74) is 2.64. The Morgan fingerprint density at radius 2 is 2.08 bits per heavy atom. The van der Waals surface area contributed by atoms with Crippen LogP contribution in [0.1, 0.15) is 20.8 Å². The van der Waals surface area contributed by atoms with E-state index in [0.717, 1.165) is 13.2 Å². The minimum absolute atomic E-state index is 0.245. The fourth-order valence-electron chi connectivity index (χ4n) is 2.87. The number of rotatable bonds is 1. The molecule has 0 spiro atoms. The zero-order valence-corrected chi connectivity index (χ0v) is 8.58. The number of fused-ring (bicyclic) bond motifs is 1. The van der Waals surface area contributed by atoms with Gasteiger partial charge < -0.3 is 9.84 Å². The van der Waals surface area contributed by atoms with Crippen LogP contribution < -0.4 is 0 Å². The Bertz CT molecular complexity index is 242. The van der Waals surface area contributed by atoms with Crippen LogP contribution in [0.5, 0.6) is 0 Å². The minimum atomic E-state index is -0.245. The molecule has 0 radical (unpaired) electrons. The predicted octanol–water partition coefficient (Wildman–Crippen LogP) is 1.60. The largest absolute Gasteiger partial charge is 0.388 e. The summed E-state index contributed by atoms with van der Waals surface area (Å²) in [6.07, 6.45) is -0.245. The van der Waals surface area contributed by atoms with Crippen LogP contribution in [0.25, 0.3) is 0 Å². The van der Waals surface area contributed by atoms with Crippen LogP contribution in [0.2, 0.25) is 0 Å². The summed E-state index contributed by atoms with van der Waals surface area (Å²) in [6.45, 7) is 8.02. The van der Waals surface area contributed by atoms with E-state index < -0.39 is 0 Å². The number of hydrogen-bond donors (Lipinski definition) is 1. The van der Waals surface area contributed by atoms with Crippen LogP contribution in [0, 0.1) is 17.8 Å². The van der Waals surface area contributed by atoms with Gasteiger partial charge in [0.25, 0.3) is 0 Å². The van der Waals surface area contributed by atoms with Gasteiger partial charge in [0.2, 0.25) is 0 Å². The molecule has 74 valence electrons. The fourth-order valence-corrected chi connectivity index (χ4v) is 2.87. The molecule has 2 nitrogen and oxygen atoms in total. The zero-order valence-electron chi connectivity index (χ0n) is 8.58. The van der Waals surface area contributed by atoms with E-state index in [-0.39, 0.29) is 6.10 Å². The molecule has 1 N–H and O–H groups in total. The van der Waals surface area contributed by atoms with Gasteiger partial charge in [-0.25, -0.2) is 0 Å². The van der Waals surface area contributed by atoms with E-state index in [2.05, 4.69) is 20.8 Å². The van der Waals surface area contributed by atoms with Gasteiger partial charge in [-0.15, -0.1) is 0 Å². The van der Waals surface area contributed by atoms with Crippen molar-refractivity contribution in [1.82, 2.24) is 0 Å². The summed E-state index contributed by atoms with van der Waals surface area (Å²) in [5, 5.41) is 9.95. The van der Waals surface area contributed by atoms with Gasteiger partial charge in [0.1, 0.15) is 0 Å². The maximum absolute atomic E-state index is 9.95. The third kappa shape index (κ3) is 1.24. The highest BCUT2D eigenvalue weighted by atomic mass is 16.5. The molecular weight excluding hydrogens is 164 g/mol. The van der Waals surface area contributed by atoms with Crippen LogP contribution in [0.3, 0.4) is 0 Å². The fraction of sp³-hybridized carbons (Fsp3) is 0.818. The van der Waals surface area contributed by atoms with E-state index in [4.69, 9.17) is 4.74 Å². The number of aliphatic hydroxyl groups is 1. The molecule has 13 heavy (non-hydrogen) atoms. The zero-order chi connectivity index (χ0) is 9.59. The Hall–Kier alpha value is -0.340. The van der Waals surface area contributed by atoms with Crippen molar-refractivity contribution in [3.63, 3.8) is 0 Å². The second kappa shape index (κ2) is 3.10. The van der Waals surface area contributed by atoms with Gasteiger partial charge in [0.05, 0.1) is 19.3 Å². The van der Waals surface area contributed by atoms with Crippen molar-refractivity contribution >= 4 is 0 Å². The molecule has 0 amide bonds. The first-order valence-corrected chi connectivity index (χ1v) is 5.09. The van der Waals surface area contributed by atoms with Crippen molar-refractivity contribution in [2.75, 3.05) is 13.2 Å². The molecule has 1 fully saturated rings. The molecule has 3 atom stereocenters. The number of hydrogen-bond acceptors (Lipinski definition) is 2. The van der Waals surface area contributed by atoms with Crippen molar-refractivity contribution in [1.29, 1.82) is 0 Å². The molecule has 0 aromatic heterocycles. The maximum Gasteiger partial charge on any atom is 0.0807 e. The highest BCUT2D eigenvalue weighted by Gasteiger charge is 2.44. The average molecular weight is 182 g/mol. The van der Waals surface area contributed by atoms with E-state index >= 15 is 0 Å². The summed E-state index contributed by atoms with van der Waals surface area (Å²) in [6, 6.07) is 0. The van der Waals surface area contributed by atoms with Gasteiger partial charge in [-0.05, 0) is 18.4 Å². The molecule has 2 aliphatic rings. The Balaban J connectivity index is 2.31. The molecule has 0 saturated carbocycles. The van der Waals surface area contributed by atoms with E-state index in [9.17, 15) is 5.11 Å². The van der Waals surface area contributed by atoms with Gasteiger partial charge in [0.15, 0.2) is 0 Å². The smallest absolute Gasteiger partial charge is 0.0807 e. The lowest BCUT2D eigenvalue weighted by atomic mass is 9.88. The van der Waals surface area contributed by atoms with Crippen LogP contribution in [0.15, 0.2) is 11.1 Å². The van der Waals surface area contributed by atoms with Gasteiger partial charge in [0, 0.05) is 11.8 Å². The summed E-state index contributed by atoms with van der Waals surface area (Å²) in [7, 11) is 0. The van der Waals surface area contributed by atoms with Crippen molar-refractivity contribution in [2.45, 2.75) is 26.9 Å². The van der Waals surface area contributed by atoms with Gasteiger partial charge in [-0.2, -0.15) is 0 Å². The summed E-state index contributed by atoms with van der Waals surface area (Å²) in [5.74, 6) is 1.39. The minimum Gasteiger partial charge on any atom is -0.388 e. The lowest BCUT2D eigenvalue weighted by Gasteiger charge is -2.15. The molecule has 1 aliphatic carbocycles. The average Bonchev–Trinajstić information content (AvgIpc) is 2.57. The lowest BCUT2D eigenvalue weighted by molar-refractivity contribution is 0.119. The third-order valence-corrected chi connectivity index (χ3v) is 3.45. The molecule has 2 rings (SSSR count). The van der Waals surface area contributed by atoms with Crippen LogP contribution in [0.4, 0.5) is 0 Å². The van der Waals surface area contributed by atoms with Crippen LogP contribution >= 0.6 is 0 Å². The van der Waals surface area contributed by atoms with E-state index in [1.807, 2.05) is 0 Å². The summed E-state index contributed by atoms with van der Waals surface area (Å²) >= 11 is 0. The highest BCUT2D eigenvalue weighted by Crippen LogP contribution is 2.44. The standard InChI is InChI=1S/C11H18O2/c1-6(2)10-7(3)11(12)9-5-13-4-8(9)10/h6,8-9,11-12H,4-5H2,1-3H3/t8-,9+,11-/m1/s1. The summed E-state index contributed by atoms with van der Waals surface area (Å²) < 4.78 is 5.42. The normalized spacial score (nSPS) is 39.0. The predicted molar refractivity (Wildman–Crippen MR) is 51.3 cm³/mol. The molecular formula is C11H18O2. The lowest BCUT2D eigenvalue weighted by Crippen LogP contribution is -2.20. The first-order chi connectivity index (χ1) is 6.13. The molecule has 1 saturated heterocycles. The maximum atomic E-state index is 9.95. The van der Waals surface area contributed by atoms with Crippen molar-refractivity contribution in [2.24, 2.45) is 17.8 Å². The second-order valence-electron chi connectivity index (χ2n) is 4.55. The molecule has 0 aromatic rings. The van der Waals surface area contributed by atoms with Crippen molar-refractivity contribution < 1.29 is 9.84 Å². The first-order valence-electron chi connectivity index (χ1n) is 5.09. The van der Waals surface area contributed by atoms with Crippen molar-refractivity contribution in [3.05, 3.63) is 11.1 Å². The topological polar surface area (TPSA) is 29.5 Å². The SMILES string of the molecule is CC1=C(C(C)C)[C@@H]2COC[C@@H]2[C@@H]1O. The van der Waals surface area contributed by atoms with Crippen LogP contribution in [-0.2, 0) is 4.74 Å². The highest BCUT2D eigenvalue weighted by molar-refractivity contribution is 5.30. The second-order valence-corrected chi connectivity index (χ2v) is 4.55. The first kappa shape index (κ1) is 9.22. The van der Waals surface area contributed by atoms with Gasteiger partial charge in [-0.3, -0.25) is 0 Å². The van der Waals surface area contributed by atoms with Gasteiger partial charge >= 0.3 is 0 Å². The third-order valence-electron chi connectivity index (χ3n) is 3.45. The van der Waals surface area contributed by atoms with Crippen LogP contribution in [-0.4, -0.2) is 24.4 Å². The number of aliphatic hydroxyl groups excluding tert-OH is 1. The van der Waals surface area contributed by atoms with Gasteiger partial charge in [-0.1, -0.05) is 19.4 Å². The summed E-state index contributed by atoms with van der Waals surface area (Å²) in [4.78, 5) is 0. The Morgan fingerprint density at radius 3 is 2.69 bits per heavy atom. The molecule has 1 heterocycles. The Morgan fingerprint density at radius 1 is 1.38 bits per heavy atom. The van der Waals surface area contributed by atoms with Crippen molar-refractivity contribution in [3.8, 4) is 0 Å². The Kier molecular flexibility index (Phi) is 2.20. The van der Waals surface area contributed by atoms with E-state index in [1.54, 1.807) is 0 Å². The molecule has 0 bridgehead atoms. The number of ether oxygens (including phenoxy) is 1. The van der Waals surface area contributed by atoms with E-state index in [1.165, 1.54) is 11.1 Å². The molecule has 1 aliphatic heterocycles. The monoisotopic (exact) mass is 182 g/mol. The molecule has 0 unspecified atom stereocenters. The quantitative estimate of drug-likeness (QED) is 0.624. The van der Waals surface area contributed by atoms with E-state index in [0.29, 0.717) is 17.8 Å².